The van der Waals surface area contributed by atoms with Crippen LogP contribution in [0.1, 0.15) is 25.8 Å². The Morgan fingerprint density at radius 2 is 2.33 bits per heavy atom. The zero-order chi connectivity index (χ0) is 13.0. The van der Waals surface area contributed by atoms with Crippen molar-refractivity contribution in [3.8, 4) is 11.4 Å². The summed E-state index contributed by atoms with van der Waals surface area (Å²) in [5.41, 5.74) is 6.32. The van der Waals surface area contributed by atoms with Gasteiger partial charge < -0.3 is 10.3 Å². The molecule has 96 valence electrons. The molecule has 0 aromatic carbocycles. The number of rotatable bonds is 5. The summed E-state index contributed by atoms with van der Waals surface area (Å²) in [5, 5.41) is 0. The number of hydrogen-bond acceptors (Lipinski definition) is 3. The van der Waals surface area contributed by atoms with Crippen LogP contribution in [0.25, 0.3) is 11.4 Å². The lowest BCUT2D eigenvalue weighted by Gasteiger charge is -2.15. The van der Waals surface area contributed by atoms with Crippen LogP contribution in [0.3, 0.4) is 0 Å². The van der Waals surface area contributed by atoms with Crippen molar-refractivity contribution in [1.82, 2.24) is 14.5 Å². The average molecular weight is 248 g/mol. The Kier molecular flexibility index (Phi) is 4.04. The maximum absolute atomic E-state index is 13.4. The predicted octanol–water partition coefficient (Wildman–Crippen LogP) is 2.38. The van der Waals surface area contributed by atoms with E-state index in [1.807, 2.05) is 23.6 Å². The van der Waals surface area contributed by atoms with E-state index in [1.54, 1.807) is 12.4 Å². The molecule has 0 saturated heterocycles. The van der Waals surface area contributed by atoms with Gasteiger partial charge in [-0.2, -0.15) is 4.39 Å². The van der Waals surface area contributed by atoms with Gasteiger partial charge in [-0.3, -0.25) is 4.98 Å². The number of nitrogens with zero attached hydrogens (tertiary/aromatic N) is 3. The quantitative estimate of drug-likeness (QED) is 0.883. The van der Waals surface area contributed by atoms with Crippen LogP contribution < -0.4 is 5.73 Å². The van der Waals surface area contributed by atoms with Crippen molar-refractivity contribution in [2.75, 3.05) is 6.54 Å². The normalized spacial score (nSPS) is 12.6. The SMILES string of the molecule is CC(CCCN)n1cc(F)nc1-c1cccnc1. The second-order valence-corrected chi connectivity index (χ2v) is 4.32. The first-order chi connectivity index (χ1) is 8.72. The van der Waals surface area contributed by atoms with Gasteiger partial charge in [0.1, 0.15) is 5.82 Å². The molecule has 0 saturated carbocycles. The fourth-order valence-corrected chi connectivity index (χ4v) is 1.96. The second kappa shape index (κ2) is 5.73. The summed E-state index contributed by atoms with van der Waals surface area (Å²) in [6, 6.07) is 3.86. The van der Waals surface area contributed by atoms with Crippen LogP contribution in [0, 0.1) is 5.95 Å². The molecule has 0 aliphatic carbocycles. The number of imidazole rings is 1. The van der Waals surface area contributed by atoms with Crippen LogP contribution in [0.5, 0.6) is 0 Å². The first-order valence-electron chi connectivity index (χ1n) is 6.07. The standard InChI is InChI=1S/C13H17FN4/c1-10(4-2-6-15)18-9-12(14)17-13(18)11-5-3-7-16-8-11/h3,5,7-10H,2,4,6,15H2,1H3. The highest BCUT2D eigenvalue weighted by molar-refractivity contribution is 5.53. The minimum atomic E-state index is -0.464. The van der Waals surface area contributed by atoms with E-state index in [1.165, 1.54) is 6.20 Å². The van der Waals surface area contributed by atoms with Crippen LogP contribution in [0.2, 0.25) is 0 Å². The van der Waals surface area contributed by atoms with E-state index in [0.29, 0.717) is 12.4 Å². The molecule has 0 amide bonds. The minimum absolute atomic E-state index is 0.167. The van der Waals surface area contributed by atoms with Gasteiger partial charge in [0.25, 0.3) is 0 Å². The smallest absolute Gasteiger partial charge is 0.231 e. The molecular weight excluding hydrogens is 231 g/mol. The number of hydrogen-bond donors (Lipinski definition) is 1. The largest absolute Gasteiger partial charge is 0.330 e. The Balaban J connectivity index is 2.31. The molecule has 2 N–H and O–H groups in total. The molecule has 2 aromatic heterocycles. The van der Waals surface area contributed by atoms with E-state index in [0.717, 1.165) is 18.4 Å². The first kappa shape index (κ1) is 12.7. The average Bonchev–Trinajstić information content (AvgIpc) is 2.79. The Morgan fingerprint density at radius 3 is 3.00 bits per heavy atom. The molecule has 1 atom stereocenters. The molecule has 0 aliphatic rings. The molecule has 2 heterocycles. The molecule has 18 heavy (non-hydrogen) atoms. The van der Waals surface area contributed by atoms with E-state index in [2.05, 4.69) is 9.97 Å². The number of halogens is 1. The van der Waals surface area contributed by atoms with Gasteiger partial charge in [0, 0.05) is 24.0 Å². The molecule has 0 aliphatic heterocycles. The van der Waals surface area contributed by atoms with E-state index in [9.17, 15) is 4.39 Å². The summed E-state index contributed by atoms with van der Waals surface area (Å²) in [5.74, 6) is 0.151. The van der Waals surface area contributed by atoms with Gasteiger partial charge in [0.15, 0.2) is 0 Å². The summed E-state index contributed by atoms with van der Waals surface area (Å²) in [6.45, 7) is 2.68. The van der Waals surface area contributed by atoms with Crippen LogP contribution in [-0.2, 0) is 0 Å². The zero-order valence-electron chi connectivity index (χ0n) is 10.4. The lowest BCUT2D eigenvalue weighted by Crippen LogP contribution is -2.09. The van der Waals surface area contributed by atoms with E-state index >= 15 is 0 Å². The number of pyridine rings is 1. The van der Waals surface area contributed by atoms with Crippen molar-refractivity contribution < 1.29 is 4.39 Å². The van der Waals surface area contributed by atoms with Crippen molar-refractivity contribution >= 4 is 0 Å². The zero-order valence-corrected chi connectivity index (χ0v) is 10.4. The summed E-state index contributed by atoms with van der Waals surface area (Å²) >= 11 is 0. The van der Waals surface area contributed by atoms with Gasteiger partial charge in [-0.1, -0.05) is 0 Å². The summed E-state index contributed by atoms with van der Waals surface area (Å²) < 4.78 is 15.2. The highest BCUT2D eigenvalue weighted by atomic mass is 19.1. The highest BCUT2D eigenvalue weighted by Gasteiger charge is 2.14. The summed E-state index contributed by atoms with van der Waals surface area (Å²) in [4.78, 5) is 7.97. The number of nitrogens with two attached hydrogens (primary N) is 1. The molecule has 0 bridgehead atoms. The Morgan fingerprint density at radius 1 is 1.50 bits per heavy atom. The van der Waals surface area contributed by atoms with Crippen molar-refractivity contribution in [3.63, 3.8) is 0 Å². The predicted molar refractivity (Wildman–Crippen MR) is 68.4 cm³/mol. The van der Waals surface area contributed by atoms with Crippen molar-refractivity contribution in [3.05, 3.63) is 36.7 Å². The molecule has 2 rings (SSSR count). The van der Waals surface area contributed by atoms with Crippen LogP contribution in [0.15, 0.2) is 30.7 Å². The topological polar surface area (TPSA) is 56.7 Å². The van der Waals surface area contributed by atoms with Crippen molar-refractivity contribution in [2.24, 2.45) is 5.73 Å². The van der Waals surface area contributed by atoms with Gasteiger partial charge in [-0.15, -0.1) is 0 Å². The third-order valence-electron chi connectivity index (χ3n) is 2.92. The van der Waals surface area contributed by atoms with E-state index in [-0.39, 0.29) is 6.04 Å². The van der Waals surface area contributed by atoms with Crippen LogP contribution >= 0.6 is 0 Å². The third-order valence-corrected chi connectivity index (χ3v) is 2.92. The van der Waals surface area contributed by atoms with Gasteiger partial charge in [-0.25, -0.2) is 4.98 Å². The molecular formula is C13H17FN4. The van der Waals surface area contributed by atoms with Gasteiger partial charge in [-0.05, 0) is 38.4 Å². The van der Waals surface area contributed by atoms with Crippen LogP contribution in [0.4, 0.5) is 4.39 Å². The van der Waals surface area contributed by atoms with Crippen molar-refractivity contribution in [2.45, 2.75) is 25.8 Å². The first-order valence-corrected chi connectivity index (χ1v) is 6.07. The monoisotopic (exact) mass is 248 g/mol. The van der Waals surface area contributed by atoms with Gasteiger partial charge in [0.2, 0.25) is 5.95 Å². The number of aromatic nitrogens is 3. The lowest BCUT2D eigenvalue weighted by molar-refractivity contribution is 0.491. The minimum Gasteiger partial charge on any atom is -0.330 e. The highest BCUT2D eigenvalue weighted by Crippen LogP contribution is 2.23. The fraction of sp³-hybridized carbons (Fsp3) is 0.385. The molecule has 4 nitrogen and oxygen atoms in total. The molecule has 1 unspecified atom stereocenters. The van der Waals surface area contributed by atoms with E-state index in [4.69, 9.17) is 5.73 Å². The molecule has 0 radical (unpaired) electrons. The van der Waals surface area contributed by atoms with Gasteiger partial charge in [0.05, 0.1) is 6.20 Å². The second-order valence-electron chi connectivity index (χ2n) is 4.32. The van der Waals surface area contributed by atoms with Crippen molar-refractivity contribution in [1.29, 1.82) is 0 Å². The fourth-order valence-electron chi connectivity index (χ4n) is 1.96. The maximum Gasteiger partial charge on any atom is 0.231 e. The van der Waals surface area contributed by atoms with Crippen LogP contribution in [-0.4, -0.2) is 21.1 Å². The summed E-state index contributed by atoms with van der Waals surface area (Å²) in [6.07, 6.45) is 6.62. The van der Waals surface area contributed by atoms with Gasteiger partial charge >= 0.3 is 0 Å². The van der Waals surface area contributed by atoms with E-state index < -0.39 is 5.95 Å². The molecule has 5 heteroatoms. The molecule has 0 fully saturated rings. The third kappa shape index (κ3) is 2.73. The molecule has 0 spiro atoms. The Bertz CT molecular complexity index is 495. The summed E-state index contributed by atoms with van der Waals surface area (Å²) in [7, 11) is 0. The Labute approximate surface area is 106 Å². The molecule has 2 aromatic rings. The Hall–Kier alpha value is -1.75. The maximum atomic E-state index is 13.4. The lowest BCUT2D eigenvalue weighted by atomic mass is 10.1.